The maximum Gasteiger partial charge on any atom is 0.394 e. The first kappa shape index (κ1) is 20.5. The van der Waals surface area contributed by atoms with E-state index in [4.69, 9.17) is 0 Å². The number of benzene rings is 1. The summed E-state index contributed by atoms with van der Waals surface area (Å²) < 4.78 is 30.7. The molecule has 1 aromatic rings. The number of aliphatic imine (C=N–C) groups is 1. The molecule has 0 aromatic heterocycles. The second-order valence-electron chi connectivity index (χ2n) is 6.44. The van der Waals surface area contributed by atoms with E-state index in [-0.39, 0.29) is 5.75 Å². The van der Waals surface area contributed by atoms with Crippen molar-refractivity contribution in [3.8, 4) is 5.75 Å². The molecule has 0 radical (unpaired) electrons. The highest BCUT2D eigenvalue weighted by molar-refractivity contribution is 8.17. The highest BCUT2D eigenvalue weighted by Crippen LogP contribution is 2.29. The largest absolute Gasteiger partial charge is 0.433 e. The van der Waals surface area contributed by atoms with Crippen molar-refractivity contribution in [2.24, 2.45) is 10.9 Å². The van der Waals surface area contributed by atoms with Gasteiger partial charge >= 0.3 is 6.11 Å². The Kier molecular flexibility index (Phi) is 7.26. The van der Waals surface area contributed by atoms with Crippen LogP contribution in [0.2, 0.25) is 0 Å². The van der Waals surface area contributed by atoms with Crippen LogP contribution in [0, 0.1) is 5.92 Å². The van der Waals surface area contributed by atoms with Crippen molar-refractivity contribution in [2.75, 3.05) is 6.54 Å². The molecule has 2 rings (SSSR count). The van der Waals surface area contributed by atoms with E-state index in [2.05, 4.69) is 21.6 Å². The van der Waals surface area contributed by atoms with Crippen molar-refractivity contribution >= 4 is 22.4 Å². The third-order valence-corrected chi connectivity index (χ3v) is 4.63. The van der Waals surface area contributed by atoms with Crippen molar-refractivity contribution in [2.45, 2.75) is 46.1 Å². The average molecular weight is 381 g/mol. The minimum absolute atomic E-state index is 0.141. The van der Waals surface area contributed by atoms with E-state index in [1.54, 1.807) is 18.3 Å². The van der Waals surface area contributed by atoms with E-state index in [9.17, 15) is 8.78 Å². The predicted molar refractivity (Wildman–Crippen MR) is 107 cm³/mol. The Morgan fingerprint density at radius 2 is 2.19 bits per heavy atom. The van der Waals surface area contributed by atoms with E-state index in [0.717, 1.165) is 47.0 Å². The minimum Gasteiger partial charge on any atom is -0.433 e. The topological polar surface area (TPSA) is 33.6 Å². The van der Waals surface area contributed by atoms with Gasteiger partial charge in [0.05, 0.1) is 10.1 Å². The number of thioether (sulfide) groups is 1. The van der Waals surface area contributed by atoms with Crippen LogP contribution in [0.5, 0.6) is 5.75 Å². The second-order valence-corrected chi connectivity index (χ2v) is 7.73. The molecule has 0 spiro atoms. The van der Waals surface area contributed by atoms with Crippen molar-refractivity contribution in [3.63, 3.8) is 0 Å². The summed E-state index contributed by atoms with van der Waals surface area (Å²) in [5.41, 5.74) is 1.77. The molecule has 1 fully saturated rings. The summed E-state index contributed by atoms with van der Waals surface area (Å²) in [6.45, 7) is 9.64. The molecule has 1 N–H and O–H groups in total. The van der Waals surface area contributed by atoms with Gasteiger partial charge in [-0.3, -0.25) is 4.99 Å². The Bertz CT molecular complexity index is 691. The highest BCUT2D eigenvalue weighted by Gasteiger charge is 2.23. The molecule has 0 atom stereocenters. The van der Waals surface area contributed by atoms with Gasteiger partial charge in [0.2, 0.25) is 0 Å². The van der Waals surface area contributed by atoms with Crippen LogP contribution in [0.15, 0.2) is 47.1 Å². The SMILES string of the molecule is C=C(NCC1CC1)SC(C)=N/C=C(\CC)c1cccc(OC(C)(F)F)c1. The van der Waals surface area contributed by atoms with Gasteiger partial charge < -0.3 is 10.1 Å². The molecule has 6 heteroatoms. The van der Waals surface area contributed by atoms with Crippen LogP contribution in [-0.2, 0) is 0 Å². The molecule has 0 aliphatic heterocycles. The zero-order chi connectivity index (χ0) is 19.2. The molecule has 1 aromatic carbocycles. The number of hydrogen-bond acceptors (Lipinski definition) is 4. The summed E-state index contributed by atoms with van der Waals surface area (Å²) >= 11 is 1.50. The summed E-state index contributed by atoms with van der Waals surface area (Å²) in [5, 5.41) is 5.08. The molecule has 3 nitrogen and oxygen atoms in total. The molecule has 0 heterocycles. The lowest BCUT2D eigenvalue weighted by atomic mass is 10.0. The van der Waals surface area contributed by atoms with Gasteiger partial charge in [-0.25, -0.2) is 0 Å². The van der Waals surface area contributed by atoms with Gasteiger partial charge in [-0.2, -0.15) is 8.78 Å². The first-order chi connectivity index (χ1) is 12.3. The molecule has 1 aliphatic rings. The van der Waals surface area contributed by atoms with Crippen molar-refractivity contribution in [1.29, 1.82) is 0 Å². The molecule has 0 saturated heterocycles. The summed E-state index contributed by atoms with van der Waals surface area (Å²) in [6.07, 6.45) is 1.91. The number of halogens is 2. The fourth-order valence-corrected chi connectivity index (χ4v) is 2.94. The molecular formula is C20H26F2N2OS. The maximum atomic E-state index is 13.0. The maximum absolute atomic E-state index is 13.0. The number of nitrogens with one attached hydrogen (secondary N) is 1. The first-order valence-electron chi connectivity index (χ1n) is 8.78. The Morgan fingerprint density at radius 1 is 1.46 bits per heavy atom. The lowest BCUT2D eigenvalue weighted by Crippen LogP contribution is -2.19. The molecule has 1 aliphatic carbocycles. The smallest absolute Gasteiger partial charge is 0.394 e. The van der Waals surface area contributed by atoms with Gasteiger partial charge in [0.25, 0.3) is 0 Å². The average Bonchev–Trinajstić information content (AvgIpc) is 3.36. The van der Waals surface area contributed by atoms with Gasteiger partial charge in [0.15, 0.2) is 0 Å². The predicted octanol–water partition coefficient (Wildman–Crippen LogP) is 6.05. The van der Waals surface area contributed by atoms with Crippen LogP contribution in [0.25, 0.3) is 5.57 Å². The Hall–Kier alpha value is -1.82. The normalized spacial score (nSPS) is 15.7. The third-order valence-electron chi connectivity index (χ3n) is 3.84. The highest BCUT2D eigenvalue weighted by atomic mass is 32.2. The Balaban J connectivity index is 2.01. The quantitative estimate of drug-likeness (QED) is 0.418. The monoisotopic (exact) mass is 380 g/mol. The number of ether oxygens (including phenoxy) is 1. The summed E-state index contributed by atoms with van der Waals surface area (Å²) in [4.78, 5) is 4.49. The molecule has 0 unspecified atom stereocenters. The summed E-state index contributed by atoms with van der Waals surface area (Å²) in [6, 6.07) is 6.70. The molecule has 1 saturated carbocycles. The van der Waals surface area contributed by atoms with E-state index in [1.165, 1.54) is 30.7 Å². The first-order valence-corrected chi connectivity index (χ1v) is 9.60. The van der Waals surface area contributed by atoms with E-state index in [0.29, 0.717) is 0 Å². The number of allylic oxidation sites excluding steroid dienone is 1. The van der Waals surface area contributed by atoms with Gasteiger partial charge in [0, 0.05) is 19.7 Å². The zero-order valence-corrected chi connectivity index (χ0v) is 16.3. The van der Waals surface area contributed by atoms with Crippen LogP contribution >= 0.6 is 11.8 Å². The van der Waals surface area contributed by atoms with E-state index in [1.807, 2.05) is 19.9 Å². The van der Waals surface area contributed by atoms with Crippen LogP contribution in [0.1, 0.15) is 45.6 Å². The van der Waals surface area contributed by atoms with Gasteiger partial charge in [-0.1, -0.05) is 37.4 Å². The molecular weight excluding hydrogens is 354 g/mol. The zero-order valence-electron chi connectivity index (χ0n) is 15.5. The Labute approximate surface area is 158 Å². The third kappa shape index (κ3) is 7.60. The fraction of sp³-hybridized carbons (Fsp3) is 0.450. The number of rotatable bonds is 9. The second kappa shape index (κ2) is 9.21. The van der Waals surface area contributed by atoms with Gasteiger partial charge in [-0.15, -0.1) is 0 Å². The van der Waals surface area contributed by atoms with Gasteiger partial charge in [-0.05, 0) is 55.4 Å². The molecule has 142 valence electrons. The molecule has 0 bridgehead atoms. The van der Waals surface area contributed by atoms with Gasteiger partial charge in [0.1, 0.15) is 5.75 Å². The van der Waals surface area contributed by atoms with Crippen molar-refractivity contribution in [3.05, 3.63) is 47.6 Å². The Morgan fingerprint density at radius 3 is 2.81 bits per heavy atom. The van der Waals surface area contributed by atoms with Crippen LogP contribution < -0.4 is 10.1 Å². The van der Waals surface area contributed by atoms with E-state index >= 15 is 0 Å². The molecule has 0 amide bonds. The number of nitrogens with zero attached hydrogens (tertiary/aromatic N) is 1. The lowest BCUT2D eigenvalue weighted by molar-refractivity contribution is -0.158. The van der Waals surface area contributed by atoms with Crippen molar-refractivity contribution in [1.82, 2.24) is 5.32 Å². The molecule has 26 heavy (non-hydrogen) atoms. The summed E-state index contributed by atoms with van der Waals surface area (Å²) in [5.74, 6) is 0.934. The summed E-state index contributed by atoms with van der Waals surface area (Å²) in [7, 11) is 0. The van der Waals surface area contributed by atoms with Crippen LogP contribution in [0.3, 0.4) is 0 Å². The number of alkyl halides is 2. The lowest BCUT2D eigenvalue weighted by Gasteiger charge is -2.14. The van der Waals surface area contributed by atoms with Crippen LogP contribution in [-0.4, -0.2) is 17.7 Å². The van der Waals surface area contributed by atoms with Crippen molar-refractivity contribution < 1.29 is 13.5 Å². The fourth-order valence-electron chi connectivity index (χ4n) is 2.33. The van der Waals surface area contributed by atoms with E-state index < -0.39 is 6.11 Å². The van der Waals surface area contributed by atoms with Crippen LogP contribution in [0.4, 0.5) is 8.78 Å². The minimum atomic E-state index is -3.20. The number of hydrogen-bond donors (Lipinski definition) is 1. The standard InChI is InChI=1S/C20H26F2N2OS/c1-5-17(18-7-6-8-19(11-18)25-20(4,21)22)13-24-15(3)26-14(2)23-12-16-9-10-16/h6-8,11,13,16,23H,2,5,9-10,12H2,1,3-4H3/b17-13+,24-15?.